The number of hydrogen-bond acceptors (Lipinski definition) is 9. The lowest BCUT2D eigenvalue weighted by atomic mass is 10.1. The van der Waals surface area contributed by atoms with Crippen LogP contribution in [0.2, 0.25) is 0 Å². The van der Waals surface area contributed by atoms with Gasteiger partial charge < -0.3 is 32.5 Å². The average molecular weight is 445 g/mol. The highest BCUT2D eigenvalue weighted by Crippen LogP contribution is 2.16. The summed E-state index contributed by atoms with van der Waals surface area (Å²) in [6.45, 7) is 1.45. The summed E-state index contributed by atoms with van der Waals surface area (Å²) in [7, 11) is 1.67. The molecule has 0 bridgehead atoms. The molecule has 8 N–H and O–H groups in total. The molecule has 0 spiro atoms. The largest absolute Gasteiger partial charge is 0.480 e. The van der Waals surface area contributed by atoms with Gasteiger partial charge in [0.05, 0.1) is 0 Å². The van der Waals surface area contributed by atoms with E-state index >= 15 is 0 Å². The van der Waals surface area contributed by atoms with Crippen LogP contribution in [0.1, 0.15) is 5.56 Å². The summed E-state index contributed by atoms with van der Waals surface area (Å²) in [5.74, 6) is 0.694. The van der Waals surface area contributed by atoms with Crippen molar-refractivity contribution in [2.75, 3.05) is 53.6 Å². The number of alkyl halides is 2. The van der Waals surface area contributed by atoms with E-state index in [1.54, 1.807) is 7.05 Å². The number of hydrogen-bond donors (Lipinski definition) is 5. The minimum absolute atomic E-state index is 0.122. The van der Waals surface area contributed by atoms with Crippen LogP contribution in [-0.4, -0.2) is 64.0 Å². The predicted molar refractivity (Wildman–Crippen MR) is 118 cm³/mol. The zero-order valence-electron chi connectivity index (χ0n) is 16.1. The zero-order chi connectivity index (χ0) is 21.8. The molecule has 10 nitrogen and oxygen atoms in total. The van der Waals surface area contributed by atoms with Crippen molar-refractivity contribution in [1.82, 2.24) is 15.0 Å². The van der Waals surface area contributed by atoms with E-state index in [1.165, 1.54) is 0 Å². The van der Waals surface area contributed by atoms with E-state index in [-0.39, 0.29) is 11.9 Å². The number of rotatable bonds is 9. The Morgan fingerprint density at radius 3 is 2.03 bits per heavy atom. The van der Waals surface area contributed by atoms with Crippen molar-refractivity contribution in [3.63, 3.8) is 0 Å². The molecule has 1 unspecified atom stereocenters. The molecule has 0 radical (unpaired) electrons. The number of aromatic nitrogens is 3. The molecule has 0 aliphatic heterocycles. The first-order valence-electron chi connectivity index (χ1n) is 8.69. The molecule has 0 saturated heterocycles. The van der Waals surface area contributed by atoms with Gasteiger partial charge in [0, 0.05) is 37.6 Å². The quantitative estimate of drug-likeness (QED) is 0.351. The van der Waals surface area contributed by atoms with Crippen LogP contribution < -0.4 is 27.4 Å². The van der Waals surface area contributed by atoms with Crippen LogP contribution in [0.15, 0.2) is 24.3 Å². The van der Waals surface area contributed by atoms with Gasteiger partial charge in [-0.2, -0.15) is 15.0 Å². The molecule has 12 heteroatoms. The van der Waals surface area contributed by atoms with E-state index in [9.17, 15) is 4.79 Å². The number of nitrogens with one attached hydrogen (secondary N) is 1. The highest BCUT2D eigenvalue weighted by atomic mass is 35.5. The Labute approximate surface area is 179 Å². The second kappa shape index (κ2) is 12.8. The number of nitrogen functional groups attached to an aromatic ring is 2. The maximum Gasteiger partial charge on any atom is 0.320 e. The van der Waals surface area contributed by atoms with E-state index < -0.39 is 12.0 Å². The topological polar surface area (TPSA) is 169 Å². The lowest BCUT2D eigenvalue weighted by Crippen LogP contribution is -2.32. The standard InChI is InChI=1S/C13H18Cl2N2O2.C4H8N6/c14-5-7-17(8-6-15)11-3-1-10(2-4-11)9-12(16)13(18)19;1-7-4-9-2(5)8-3(6)10-4/h1-4,12H,5-9,16H2,(H,18,19);1H3,(H5,5,6,7,8,9,10). The molecular formula is C17H26Cl2N8O2. The maximum absolute atomic E-state index is 10.7. The Balaban J connectivity index is 0.000000352. The Morgan fingerprint density at radius 2 is 1.62 bits per heavy atom. The van der Waals surface area contributed by atoms with Crippen LogP contribution in [0.3, 0.4) is 0 Å². The van der Waals surface area contributed by atoms with Gasteiger partial charge >= 0.3 is 5.97 Å². The number of carboxylic acid groups (broad SMARTS) is 1. The normalized spacial score (nSPS) is 11.2. The van der Waals surface area contributed by atoms with Gasteiger partial charge in [-0.15, -0.1) is 23.2 Å². The molecule has 29 heavy (non-hydrogen) atoms. The van der Waals surface area contributed by atoms with Crippen molar-refractivity contribution in [1.29, 1.82) is 0 Å². The van der Waals surface area contributed by atoms with Crippen molar-refractivity contribution < 1.29 is 9.90 Å². The lowest BCUT2D eigenvalue weighted by Gasteiger charge is -2.23. The summed E-state index contributed by atoms with van der Waals surface area (Å²) in [6, 6.07) is 6.76. The van der Waals surface area contributed by atoms with Crippen LogP contribution in [0.5, 0.6) is 0 Å². The molecule has 1 aromatic carbocycles. The van der Waals surface area contributed by atoms with Gasteiger partial charge in [-0.3, -0.25) is 4.79 Å². The van der Waals surface area contributed by atoms with E-state index in [4.69, 9.17) is 45.5 Å². The molecule has 1 heterocycles. The monoisotopic (exact) mass is 444 g/mol. The average Bonchev–Trinajstić information content (AvgIpc) is 2.68. The van der Waals surface area contributed by atoms with Crippen LogP contribution in [-0.2, 0) is 11.2 Å². The first-order valence-corrected chi connectivity index (χ1v) is 9.76. The summed E-state index contributed by atoms with van der Waals surface area (Å²) in [4.78, 5) is 23.8. The molecule has 1 atom stereocenters. The molecular weight excluding hydrogens is 419 g/mol. The van der Waals surface area contributed by atoms with E-state index in [0.29, 0.717) is 24.1 Å². The smallest absolute Gasteiger partial charge is 0.320 e. The third kappa shape index (κ3) is 8.99. The van der Waals surface area contributed by atoms with Gasteiger partial charge in [-0.25, -0.2) is 0 Å². The van der Waals surface area contributed by atoms with Crippen molar-refractivity contribution in [2.45, 2.75) is 12.5 Å². The zero-order valence-corrected chi connectivity index (χ0v) is 17.6. The van der Waals surface area contributed by atoms with Crippen LogP contribution in [0.25, 0.3) is 0 Å². The fourth-order valence-electron chi connectivity index (χ4n) is 2.28. The molecule has 0 fully saturated rings. The Hall–Kier alpha value is -2.56. The van der Waals surface area contributed by atoms with Crippen LogP contribution in [0, 0.1) is 0 Å². The van der Waals surface area contributed by atoms with E-state index in [0.717, 1.165) is 24.3 Å². The number of benzene rings is 1. The van der Waals surface area contributed by atoms with Crippen molar-refractivity contribution in [3.05, 3.63) is 29.8 Å². The Kier molecular flexibility index (Phi) is 10.8. The number of halogens is 2. The van der Waals surface area contributed by atoms with Gasteiger partial charge in [0.25, 0.3) is 0 Å². The van der Waals surface area contributed by atoms with Gasteiger partial charge in [-0.05, 0) is 24.1 Å². The number of carbonyl (C=O) groups is 1. The van der Waals surface area contributed by atoms with Crippen LogP contribution in [0.4, 0.5) is 23.5 Å². The number of nitrogens with two attached hydrogens (primary N) is 3. The SMILES string of the molecule is CNc1nc(N)nc(N)n1.NC(Cc1ccc(N(CCCl)CCCl)cc1)C(=O)O. The van der Waals surface area contributed by atoms with Gasteiger partial charge in [-0.1, -0.05) is 12.1 Å². The van der Waals surface area contributed by atoms with Gasteiger partial charge in [0.15, 0.2) is 0 Å². The predicted octanol–water partition coefficient (Wildman–Crippen LogP) is 1.00. The summed E-state index contributed by atoms with van der Waals surface area (Å²) in [5, 5.41) is 11.4. The summed E-state index contributed by atoms with van der Waals surface area (Å²) in [5.41, 5.74) is 17.9. The fraction of sp³-hybridized carbons (Fsp3) is 0.412. The molecule has 1 aromatic heterocycles. The number of carboxylic acids is 1. The highest BCUT2D eigenvalue weighted by Gasteiger charge is 2.12. The third-order valence-corrected chi connectivity index (χ3v) is 4.01. The number of nitrogens with zero attached hydrogens (tertiary/aromatic N) is 4. The van der Waals surface area contributed by atoms with Crippen LogP contribution >= 0.6 is 23.2 Å². The summed E-state index contributed by atoms with van der Waals surface area (Å²) >= 11 is 11.5. The number of anilines is 4. The van der Waals surface area contributed by atoms with Crippen molar-refractivity contribution in [2.24, 2.45) is 5.73 Å². The Bertz CT molecular complexity index is 737. The number of aliphatic carboxylic acids is 1. The fourth-order valence-corrected chi connectivity index (χ4v) is 2.69. The van der Waals surface area contributed by atoms with Gasteiger partial charge in [0.2, 0.25) is 17.8 Å². The molecule has 0 amide bonds. The molecule has 2 aromatic rings. The van der Waals surface area contributed by atoms with E-state index in [2.05, 4.69) is 25.2 Å². The molecule has 160 valence electrons. The van der Waals surface area contributed by atoms with Crippen molar-refractivity contribution in [3.8, 4) is 0 Å². The maximum atomic E-state index is 10.7. The van der Waals surface area contributed by atoms with E-state index in [1.807, 2.05) is 24.3 Å². The Morgan fingerprint density at radius 1 is 1.10 bits per heavy atom. The van der Waals surface area contributed by atoms with Crippen molar-refractivity contribution >= 4 is 52.7 Å². The first-order chi connectivity index (χ1) is 13.8. The highest BCUT2D eigenvalue weighted by molar-refractivity contribution is 6.18. The molecule has 0 aliphatic rings. The summed E-state index contributed by atoms with van der Waals surface area (Å²) < 4.78 is 0. The molecule has 2 rings (SSSR count). The first kappa shape index (κ1) is 24.5. The molecule has 0 saturated carbocycles. The second-order valence-corrected chi connectivity index (χ2v) is 6.56. The second-order valence-electron chi connectivity index (χ2n) is 5.81. The summed E-state index contributed by atoms with van der Waals surface area (Å²) in [6.07, 6.45) is 0.320. The lowest BCUT2D eigenvalue weighted by molar-refractivity contribution is -0.138. The third-order valence-electron chi connectivity index (χ3n) is 3.68. The minimum atomic E-state index is -0.991. The van der Waals surface area contributed by atoms with Gasteiger partial charge in [0.1, 0.15) is 6.04 Å². The minimum Gasteiger partial charge on any atom is -0.480 e. The molecule has 0 aliphatic carbocycles.